The SMILES string of the molecule is CCOC(=O)c1c(NC(=O)C(Sc2cccc(NC(=O)C3CCCCC3)c2)c2ccccc2)sc2c1CCCCC2. The summed E-state index contributed by atoms with van der Waals surface area (Å²) in [5.74, 6) is -0.419. The van der Waals surface area contributed by atoms with Gasteiger partial charge in [-0.2, -0.15) is 0 Å². The quantitative estimate of drug-likeness (QED) is 0.149. The molecule has 1 aromatic heterocycles. The lowest BCUT2D eigenvalue weighted by Gasteiger charge is -2.21. The van der Waals surface area contributed by atoms with Gasteiger partial charge in [0.15, 0.2) is 0 Å². The number of esters is 1. The number of thiophene rings is 1. The molecular weight excluding hydrogens is 553 g/mol. The lowest BCUT2D eigenvalue weighted by atomic mass is 9.88. The number of hydrogen-bond donors (Lipinski definition) is 2. The van der Waals surface area contributed by atoms with E-state index < -0.39 is 5.25 Å². The Morgan fingerprint density at radius 1 is 0.927 bits per heavy atom. The van der Waals surface area contributed by atoms with Crippen LogP contribution >= 0.6 is 23.1 Å². The molecule has 216 valence electrons. The largest absolute Gasteiger partial charge is 0.462 e. The van der Waals surface area contributed by atoms with Crippen molar-refractivity contribution in [2.45, 2.75) is 81.3 Å². The Morgan fingerprint density at radius 3 is 2.46 bits per heavy atom. The lowest BCUT2D eigenvalue weighted by Crippen LogP contribution is -2.24. The average molecular weight is 591 g/mol. The summed E-state index contributed by atoms with van der Waals surface area (Å²) in [4.78, 5) is 41.9. The number of carbonyl (C=O) groups is 3. The van der Waals surface area contributed by atoms with E-state index in [4.69, 9.17) is 4.74 Å². The van der Waals surface area contributed by atoms with Crippen molar-refractivity contribution in [3.63, 3.8) is 0 Å². The smallest absolute Gasteiger partial charge is 0.341 e. The highest BCUT2D eigenvalue weighted by Gasteiger charge is 2.30. The van der Waals surface area contributed by atoms with E-state index in [1.54, 1.807) is 6.92 Å². The van der Waals surface area contributed by atoms with Gasteiger partial charge >= 0.3 is 5.97 Å². The monoisotopic (exact) mass is 590 g/mol. The van der Waals surface area contributed by atoms with E-state index in [0.29, 0.717) is 10.6 Å². The Balaban J connectivity index is 1.38. The number of ether oxygens (including phenoxy) is 1. The maximum absolute atomic E-state index is 14.0. The standard InChI is InChI=1S/C33H38N2O4S2/c1-2-39-33(38)28-26-19-10-5-11-20-27(26)41-32(28)35-31(37)29(22-13-6-3-7-14-22)40-25-18-12-17-24(21-25)34-30(36)23-15-8-4-9-16-23/h3,6-7,12-14,17-18,21,23,29H,2,4-5,8-11,15-16,19-20H2,1H3,(H,34,36)(H,35,37). The van der Waals surface area contributed by atoms with Crippen LogP contribution in [0.2, 0.25) is 0 Å². The fraction of sp³-hybridized carbons (Fsp3) is 0.424. The maximum Gasteiger partial charge on any atom is 0.341 e. The van der Waals surface area contributed by atoms with Crippen molar-refractivity contribution in [1.82, 2.24) is 0 Å². The van der Waals surface area contributed by atoms with Gasteiger partial charge in [0.1, 0.15) is 10.3 Å². The van der Waals surface area contributed by atoms with Gasteiger partial charge in [0.2, 0.25) is 11.8 Å². The summed E-state index contributed by atoms with van der Waals surface area (Å²) in [6.45, 7) is 2.09. The molecule has 2 aliphatic rings. The molecule has 1 fully saturated rings. The molecule has 5 rings (SSSR count). The Bertz CT molecular complexity index is 1360. The number of thioether (sulfide) groups is 1. The first-order valence-corrected chi connectivity index (χ1v) is 16.5. The van der Waals surface area contributed by atoms with Crippen LogP contribution in [-0.4, -0.2) is 24.4 Å². The number of rotatable bonds is 9. The Labute approximate surface area is 250 Å². The third kappa shape index (κ3) is 7.41. The second-order valence-electron chi connectivity index (χ2n) is 10.7. The van der Waals surface area contributed by atoms with Crippen molar-refractivity contribution < 1.29 is 19.1 Å². The van der Waals surface area contributed by atoms with Crippen molar-refractivity contribution in [2.24, 2.45) is 5.92 Å². The first-order valence-electron chi connectivity index (χ1n) is 14.8. The number of carbonyl (C=O) groups excluding carboxylic acids is 3. The highest BCUT2D eigenvalue weighted by Crippen LogP contribution is 2.41. The summed E-state index contributed by atoms with van der Waals surface area (Å²) in [6.07, 6.45) is 10.3. The molecule has 2 amide bonds. The van der Waals surface area contributed by atoms with E-state index in [2.05, 4.69) is 10.6 Å². The van der Waals surface area contributed by atoms with Crippen LogP contribution in [0.15, 0.2) is 59.5 Å². The summed E-state index contributed by atoms with van der Waals surface area (Å²) < 4.78 is 5.42. The number of fused-ring (bicyclic) bond motifs is 1. The van der Waals surface area contributed by atoms with Crippen LogP contribution in [0.3, 0.4) is 0 Å². The van der Waals surface area contributed by atoms with Crippen molar-refractivity contribution in [1.29, 1.82) is 0 Å². The van der Waals surface area contributed by atoms with Crippen molar-refractivity contribution >= 4 is 51.6 Å². The summed E-state index contributed by atoms with van der Waals surface area (Å²) >= 11 is 2.94. The van der Waals surface area contributed by atoms with Gasteiger partial charge < -0.3 is 15.4 Å². The first kappa shape index (κ1) is 29.4. The van der Waals surface area contributed by atoms with Gasteiger partial charge in [-0.25, -0.2) is 4.79 Å². The molecule has 2 N–H and O–H groups in total. The van der Waals surface area contributed by atoms with E-state index in [1.807, 2.05) is 54.6 Å². The average Bonchev–Trinajstić information content (AvgIpc) is 3.16. The molecule has 1 heterocycles. The van der Waals surface area contributed by atoms with Gasteiger partial charge in [0.25, 0.3) is 0 Å². The minimum Gasteiger partial charge on any atom is -0.462 e. The molecule has 2 aliphatic carbocycles. The molecular formula is C33H38N2O4S2. The van der Waals surface area contributed by atoms with Gasteiger partial charge in [-0.05, 0) is 74.8 Å². The number of aryl methyl sites for hydroxylation is 1. The molecule has 1 saturated carbocycles. The van der Waals surface area contributed by atoms with Crippen LogP contribution in [0.25, 0.3) is 0 Å². The second kappa shape index (κ2) is 14.2. The zero-order valence-electron chi connectivity index (χ0n) is 23.6. The van der Waals surface area contributed by atoms with Crippen LogP contribution in [0.1, 0.15) is 89.9 Å². The maximum atomic E-state index is 14.0. The molecule has 1 unspecified atom stereocenters. The number of nitrogens with one attached hydrogen (secondary N) is 2. The third-order valence-corrected chi connectivity index (χ3v) is 10.3. The van der Waals surface area contributed by atoms with Crippen molar-refractivity contribution in [3.8, 4) is 0 Å². The number of amides is 2. The van der Waals surface area contributed by atoms with E-state index >= 15 is 0 Å². The van der Waals surface area contributed by atoms with Crippen molar-refractivity contribution in [2.75, 3.05) is 17.2 Å². The summed E-state index contributed by atoms with van der Waals surface area (Å²) in [6, 6.07) is 17.4. The molecule has 0 radical (unpaired) electrons. The molecule has 3 aromatic rings. The number of hydrogen-bond acceptors (Lipinski definition) is 6. The molecule has 0 bridgehead atoms. The predicted molar refractivity (Wildman–Crippen MR) is 167 cm³/mol. The van der Waals surface area contributed by atoms with Gasteiger partial charge in [-0.15, -0.1) is 23.1 Å². The second-order valence-corrected chi connectivity index (χ2v) is 13.0. The topological polar surface area (TPSA) is 84.5 Å². The normalized spacial score (nSPS) is 16.2. The van der Waals surface area contributed by atoms with Crippen LogP contribution in [0.5, 0.6) is 0 Å². The molecule has 2 aromatic carbocycles. The van der Waals surface area contributed by atoms with E-state index in [-0.39, 0.29) is 30.3 Å². The zero-order chi connectivity index (χ0) is 28.6. The van der Waals surface area contributed by atoms with Crippen molar-refractivity contribution in [3.05, 3.63) is 76.2 Å². The Morgan fingerprint density at radius 2 is 1.68 bits per heavy atom. The van der Waals surface area contributed by atoms with Gasteiger partial charge in [-0.1, -0.05) is 62.1 Å². The van der Waals surface area contributed by atoms with Gasteiger partial charge in [0, 0.05) is 21.4 Å². The molecule has 0 aliphatic heterocycles. The molecule has 0 saturated heterocycles. The Kier molecular flexibility index (Phi) is 10.2. The number of benzene rings is 2. The summed E-state index contributed by atoms with van der Waals surface area (Å²) in [5.41, 5.74) is 3.16. The van der Waals surface area contributed by atoms with Crippen LogP contribution in [-0.2, 0) is 27.2 Å². The highest BCUT2D eigenvalue weighted by molar-refractivity contribution is 8.00. The highest BCUT2D eigenvalue weighted by atomic mass is 32.2. The fourth-order valence-corrected chi connectivity index (χ4v) is 8.08. The molecule has 41 heavy (non-hydrogen) atoms. The molecule has 8 heteroatoms. The van der Waals surface area contributed by atoms with Gasteiger partial charge in [-0.3, -0.25) is 9.59 Å². The van der Waals surface area contributed by atoms with Gasteiger partial charge in [0.05, 0.1) is 12.2 Å². The number of anilines is 2. The molecule has 0 spiro atoms. The minimum absolute atomic E-state index is 0.0671. The van der Waals surface area contributed by atoms with E-state index in [1.165, 1.54) is 34.4 Å². The molecule has 1 atom stereocenters. The third-order valence-electron chi connectivity index (χ3n) is 7.81. The first-order chi connectivity index (χ1) is 20.0. The summed E-state index contributed by atoms with van der Waals surface area (Å²) in [7, 11) is 0. The predicted octanol–water partition coefficient (Wildman–Crippen LogP) is 8.18. The Hall–Kier alpha value is -3.10. The zero-order valence-corrected chi connectivity index (χ0v) is 25.2. The van der Waals surface area contributed by atoms with Crippen LogP contribution in [0.4, 0.5) is 10.7 Å². The lowest BCUT2D eigenvalue weighted by molar-refractivity contribution is -0.120. The van der Waals surface area contributed by atoms with Crippen LogP contribution < -0.4 is 10.6 Å². The fourth-order valence-electron chi connectivity index (χ4n) is 5.72. The van der Waals surface area contributed by atoms with E-state index in [9.17, 15) is 14.4 Å². The molecule has 6 nitrogen and oxygen atoms in total. The minimum atomic E-state index is -0.558. The summed E-state index contributed by atoms with van der Waals surface area (Å²) in [5, 5.41) is 6.24. The van der Waals surface area contributed by atoms with E-state index in [0.717, 1.165) is 79.5 Å². The van der Waals surface area contributed by atoms with Crippen LogP contribution in [0, 0.1) is 5.92 Å².